The van der Waals surface area contributed by atoms with Gasteiger partial charge in [-0.05, 0) is 24.3 Å². The Balaban J connectivity index is 1.73. The molecule has 0 saturated heterocycles. The first-order valence-electron chi connectivity index (χ1n) is 7.42. The van der Waals surface area contributed by atoms with E-state index in [4.69, 9.17) is 13.9 Å². The first-order chi connectivity index (χ1) is 12.0. The van der Waals surface area contributed by atoms with Crippen molar-refractivity contribution in [3.63, 3.8) is 0 Å². The zero-order valence-electron chi connectivity index (χ0n) is 13.3. The summed E-state index contributed by atoms with van der Waals surface area (Å²) in [6.07, 6.45) is 1.21. The highest BCUT2D eigenvalue weighted by Gasteiger charge is 2.19. The van der Waals surface area contributed by atoms with Gasteiger partial charge in [-0.25, -0.2) is 8.42 Å². The Morgan fingerprint density at radius 2 is 1.96 bits per heavy atom. The molecule has 0 atom stereocenters. The van der Waals surface area contributed by atoms with E-state index in [1.807, 2.05) is 0 Å². The zero-order valence-corrected chi connectivity index (χ0v) is 14.1. The molecule has 2 heterocycles. The molecule has 0 spiro atoms. The molecule has 10 heteroatoms. The Morgan fingerprint density at radius 3 is 2.60 bits per heavy atom. The van der Waals surface area contributed by atoms with Crippen molar-refractivity contribution in [2.24, 2.45) is 0 Å². The van der Waals surface area contributed by atoms with E-state index in [-0.39, 0.29) is 34.9 Å². The van der Waals surface area contributed by atoms with Crippen molar-refractivity contribution < 1.29 is 27.1 Å². The maximum absolute atomic E-state index is 11.9. The van der Waals surface area contributed by atoms with Crippen LogP contribution in [-0.2, 0) is 24.1 Å². The molecule has 3 rings (SSSR count). The maximum Gasteiger partial charge on any atom is 0.322 e. The highest BCUT2D eigenvalue weighted by atomic mass is 32.2. The lowest BCUT2D eigenvalue weighted by atomic mass is 10.2. The second kappa shape index (κ2) is 6.93. The summed E-state index contributed by atoms with van der Waals surface area (Å²) >= 11 is 0. The van der Waals surface area contributed by atoms with E-state index in [0.29, 0.717) is 12.2 Å². The van der Waals surface area contributed by atoms with E-state index in [0.717, 1.165) is 0 Å². The van der Waals surface area contributed by atoms with Gasteiger partial charge in [0.25, 0.3) is 5.91 Å². The summed E-state index contributed by atoms with van der Waals surface area (Å²) in [4.78, 5) is 12.1. The SMILES string of the molecule is CCS(=O)(=O)c1ccc(-c2nnc(NC(=O)C3=COCCO3)o2)cc1. The summed E-state index contributed by atoms with van der Waals surface area (Å²) < 4.78 is 39.1. The Kier molecular flexibility index (Phi) is 4.70. The fourth-order valence-corrected chi connectivity index (χ4v) is 2.89. The monoisotopic (exact) mass is 365 g/mol. The normalized spacial score (nSPS) is 14.2. The van der Waals surface area contributed by atoms with Crippen LogP contribution in [-0.4, -0.2) is 43.5 Å². The number of carbonyl (C=O) groups excluding carboxylic acids is 1. The van der Waals surface area contributed by atoms with Crippen LogP contribution in [0.1, 0.15) is 6.92 Å². The molecule has 0 aliphatic carbocycles. The van der Waals surface area contributed by atoms with Crippen molar-refractivity contribution in [2.45, 2.75) is 11.8 Å². The summed E-state index contributed by atoms with van der Waals surface area (Å²) in [5.41, 5.74) is 0.527. The molecule has 0 fully saturated rings. The van der Waals surface area contributed by atoms with Crippen LogP contribution in [0, 0.1) is 0 Å². The number of ether oxygens (including phenoxy) is 2. The minimum Gasteiger partial charge on any atom is -0.494 e. The van der Waals surface area contributed by atoms with Gasteiger partial charge in [-0.2, -0.15) is 0 Å². The second-order valence-electron chi connectivity index (χ2n) is 5.00. The van der Waals surface area contributed by atoms with Crippen molar-refractivity contribution >= 4 is 21.8 Å². The van der Waals surface area contributed by atoms with Crippen molar-refractivity contribution in [1.82, 2.24) is 10.2 Å². The van der Waals surface area contributed by atoms with Crippen LogP contribution in [0.25, 0.3) is 11.5 Å². The number of nitrogens with one attached hydrogen (secondary N) is 1. The predicted molar refractivity (Wildman–Crippen MR) is 86.1 cm³/mol. The van der Waals surface area contributed by atoms with E-state index in [1.54, 1.807) is 19.1 Å². The molecule has 2 aromatic rings. The van der Waals surface area contributed by atoms with Crippen LogP contribution in [0.3, 0.4) is 0 Å². The molecule has 0 radical (unpaired) electrons. The average molecular weight is 365 g/mol. The Bertz CT molecular complexity index is 902. The third-order valence-corrected chi connectivity index (χ3v) is 5.11. The van der Waals surface area contributed by atoms with Gasteiger partial charge in [-0.3, -0.25) is 10.1 Å². The molecule has 0 saturated carbocycles. The third-order valence-electron chi connectivity index (χ3n) is 3.36. The first-order valence-corrected chi connectivity index (χ1v) is 9.07. The van der Waals surface area contributed by atoms with E-state index in [2.05, 4.69) is 15.5 Å². The van der Waals surface area contributed by atoms with Gasteiger partial charge in [0.2, 0.25) is 11.6 Å². The number of benzene rings is 1. The smallest absolute Gasteiger partial charge is 0.322 e. The van der Waals surface area contributed by atoms with Crippen LogP contribution in [0.2, 0.25) is 0 Å². The van der Waals surface area contributed by atoms with Gasteiger partial charge in [0.15, 0.2) is 9.84 Å². The second-order valence-corrected chi connectivity index (χ2v) is 7.27. The molecular formula is C15H15N3O6S. The topological polar surface area (TPSA) is 121 Å². The quantitative estimate of drug-likeness (QED) is 0.843. The zero-order chi connectivity index (χ0) is 17.9. The van der Waals surface area contributed by atoms with E-state index in [1.165, 1.54) is 18.4 Å². The summed E-state index contributed by atoms with van der Waals surface area (Å²) in [6.45, 7) is 2.24. The molecule has 0 bridgehead atoms. The summed E-state index contributed by atoms with van der Waals surface area (Å²) in [5, 5.41) is 9.95. The summed E-state index contributed by atoms with van der Waals surface area (Å²) in [6, 6.07) is 5.94. The predicted octanol–water partition coefficient (Wildman–Crippen LogP) is 1.36. The fraction of sp³-hybridized carbons (Fsp3) is 0.267. The largest absolute Gasteiger partial charge is 0.494 e. The molecule has 0 unspecified atom stereocenters. The van der Waals surface area contributed by atoms with Gasteiger partial charge in [0.1, 0.15) is 19.5 Å². The van der Waals surface area contributed by atoms with Gasteiger partial charge >= 0.3 is 6.01 Å². The molecule has 1 N–H and O–H groups in total. The molecule has 1 amide bonds. The lowest BCUT2D eigenvalue weighted by Gasteiger charge is -2.13. The van der Waals surface area contributed by atoms with Crippen molar-refractivity contribution in [3.05, 3.63) is 36.3 Å². The van der Waals surface area contributed by atoms with E-state index >= 15 is 0 Å². The summed E-state index contributed by atoms with van der Waals surface area (Å²) in [5.74, 6) is -0.394. The number of rotatable bonds is 5. The Morgan fingerprint density at radius 1 is 1.20 bits per heavy atom. The van der Waals surface area contributed by atoms with Crippen LogP contribution in [0.15, 0.2) is 45.6 Å². The molecule has 25 heavy (non-hydrogen) atoms. The number of aromatic nitrogens is 2. The van der Waals surface area contributed by atoms with Crippen LogP contribution < -0.4 is 5.32 Å². The molecule has 1 aliphatic heterocycles. The molecular weight excluding hydrogens is 350 g/mol. The highest BCUT2D eigenvalue weighted by molar-refractivity contribution is 7.91. The maximum atomic E-state index is 11.9. The van der Waals surface area contributed by atoms with Crippen molar-refractivity contribution in [1.29, 1.82) is 0 Å². The lowest BCUT2D eigenvalue weighted by molar-refractivity contribution is -0.117. The lowest BCUT2D eigenvalue weighted by Crippen LogP contribution is -2.21. The van der Waals surface area contributed by atoms with Gasteiger partial charge in [-0.1, -0.05) is 12.0 Å². The number of carbonyl (C=O) groups is 1. The van der Waals surface area contributed by atoms with Gasteiger partial charge < -0.3 is 13.9 Å². The van der Waals surface area contributed by atoms with E-state index in [9.17, 15) is 13.2 Å². The average Bonchev–Trinajstić information content (AvgIpc) is 3.11. The number of nitrogens with zero attached hydrogens (tertiary/aromatic N) is 2. The third kappa shape index (κ3) is 3.79. The molecule has 1 aromatic carbocycles. The molecule has 132 valence electrons. The molecule has 9 nitrogen and oxygen atoms in total. The number of sulfone groups is 1. The number of hydrogen-bond donors (Lipinski definition) is 1. The van der Waals surface area contributed by atoms with Gasteiger partial charge in [0, 0.05) is 5.56 Å². The minimum atomic E-state index is -3.28. The summed E-state index contributed by atoms with van der Waals surface area (Å²) in [7, 11) is -3.28. The number of hydrogen-bond acceptors (Lipinski definition) is 8. The molecule has 1 aromatic heterocycles. The van der Waals surface area contributed by atoms with Crippen molar-refractivity contribution in [2.75, 3.05) is 24.3 Å². The fourth-order valence-electron chi connectivity index (χ4n) is 2.01. The number of anilines is 1. The minimum absolute atomic E-state index is 0.0140. The Labute approximate surface area is 143 Å². The van der Waals surface area contributed by atoms with Crippen LogP contribution in [0.5, 0.6) is 0 Å². The van der Waals surface area contributed by atoms with Gasteiger partial charge in [0.05, 0.1) is 10.6 Å². The Hall–Kier alpha value is -2.88. The first kappa shape index (κ1) is 17.0. The van der Waals surface area contributed by atoms with Crippen LogP contribution >= 0.6 is 0 Å². The standard InChI is InChI=1S/C15H15N3O6S/c1-2-25(20,21)11-5-3-10(4-6-11)14-17-18-15(24-14)16-13(19)12-9-22-7-8-23-12/h3-6,9H,2,7-8H2,1H3,(H,16,18,19). The van der Waals surface area contributed by atoms with Gasteiger partial charge in [-0.15, -0.1) is 5.10 Å². The van der Waals surface area contributed by atoms with Crippen LogP contribution in [0.4, 0.5) is 6.01 Å². The van der Waals surface area contributed by atoms with Crippen molar-refractivity contribution in [3.8, 4) is 11.5 Å². The highest BCUT2D eigenvalue weighted by Crippen LogP contribution is 2.22. The number of amides is 1. The van der Waals surface area contributed by atoms with E-state index < -0.39 is 15.7 Å². The molecule has 1 aliphatic rings.